The van der Waals surface area contributed by atoms with Gasteiger partial charge >= 0.3 is 5.97 Å². The SMILES string of the molecule is CO/N=C(\C(=O)N[C@@H]1C(=O)N2C(C(=O)O)=C(C[N+]34CCC(O)(CC3)C4)CS[C@H]12)c1nsc(N)n1. The molecule has 0 saturated carbocycles. The van der Waals surface area contributed by atoms with Crippen LogP contribution in [0.1, 0.15) is 18.7 Å². The van der Waals surface area contributed by atoms with Gasteiger partial charge in [0.2, 0.25) is 11.5 Å². The molecule has 5 heterocycles. The number of oxime groups is 1. The number of amides is 2. The molecule has 0 aliphatic carbocycles. The number of aliphatic hydroxyl groups is 1. The van der Waals surface area contributed by atoms with Gasteiger partial charge in [-0.3, -0.25) is 14.5 Å². The number of thioether (sulfide) groups is 1. The Balaban J connectivity index is 1.34. The van der Waals surface area contributed by atoms with E-state index < -0.39 is 34.8 Å². The van der Waals surface area contributed by atoms with Gasteiger partial charge in [-0.15, -0.1) is 11.8 Å². The highest BCUT2D eigenvalue weighted by Gasteiger charge is 2.58. The molecule has 5 rings (SSSR count). The Hall–Kier alpha value is -2.75. The minimum Gasteiger partial charge on any atom is -0.477 e. The molecule has 2 atom stereocenters. The third kappa shape index (κ3) is 3.72. The Morgan fingerprint density at radius 2 is 2.15 bits per heavy atom. The summed E-state index contributed by atoms with van der Waals surface area (Å²) in [6.07, 6.45) is 1.42. The lowest BCUT2D eigenvalue weighted by Gasteiger charge is -2.49. The predicted molar refractivity (Wildman–Crippen MR) is 121 cm³/mol. The first kappa shape index (κ1) is 23.0. The molecule has 182 valence electrons. The number of fused-ring (bicyclic) bond motifs is 3. The summed E-state index contributed by atoms with van der Waals surface area (Å²) in [6, 6.07) is -0.929. The Morgan fingerprint density at radius 1 is 1.41 bits per heavy atom. The van der Waals surface area contributed by atoms with Crippen LogP contribution in [-0.2, 0) is 19.2 Å². The summed E-state index contributed by atoms with van der Waals surface area (Å²) in [6.45, 7) is 2.70. The second kappa shape index (κ2) is 8.18. The van der Waals surface area contributed by atoms with Crippen molar-refractivity contribution in [1.82, 2.24) is 19.6 Å². The smallest absolute Gasteiger partial charge is 0.352 e. The second-order valence-corrected chi connectivity index (χ2v) is 10.9. The maximum absolute atomic E-state index is 13.0. The van der Waals surface area contributed by atoms with E-state index in [2.05, 4.69) is 19.8 Å². The molecular weight excluding hydrogens is 486 g/mol. The Kier molecular flexibility index (Phi) is 5.54. The maximum Gasteiger partial charge on any atom is 0.352 e. The summed E-state index contributed by atoms with van der Waals surface area (Å²) in [5.74, 6) is -2.02. The lowest BCUT2D eigenvalue weighted by atomic mass is 10.00. The van der Waals surface area contributed by atoms with Gasteiger partial charge in [0, 0.05) is 35.7 Å². The highest BCUT2D eigenvalue weighted by atomic mass is 32.2. The number of rotatable bonds is 7. The van der Waals surface area contributed by atoms with Gasteiger partial charge in [0.1, 0.15) is 42.9 Å². The van der Waals surface area contributed by atoms with Crippen LogP contribution in [0, 0.1) is 0 Å². The van der Waals surface area contributed by atoms with E-state index in [9.17, 15) is 24.6 Å². The molecule has 13 nitrogen and oxygen atoms in total. The van der Waals surface area contributed by atoms with E-state index in [1.807, 2.05) is 0 Å². The van der Waals surface area contributed by atoms with Crippen molar-refractivity contribution in [3.63, 3.8) is 0 Å². The third-order valence-corrected chi connectivity index (χ3v) is 8.73. The number of nitrogens with one attached hydrogen (secondary N) is 1. The summed E-state index contributed by atoms with van der Waals surface area (Å²) >= 11 is 2.29. The van der Waals surface area contributed by atoms with Crippen LogP contribution in [0.4, 0.5) is 5.13 Å². The number of hydrogen-bond acceptors (Lipinski definition) is 11. The van der Waals surface area contributed by atoms with E-state index in [4.69, 9.17) is 10.6 Å². The largest absolute Gasteiger partial charge is 0.477 e. The van der Waals surface area contributed by atoms with Gasteiger partial charge < -0.3 is 30.6 Å². The van der Waals surface area contributed by atoms with E-state index in [1.54, 1.807) is 0 Å². The molecule has 0 aromatic carbocycles. The standard InChI is InChI=1S/C19H23N7O6S2/c1-32-23-10(13-22-18(20)34-24-13)14(27)21-11-15(28)25-12(17(29)30)9(7-33-16(11)25)6-26-4-2-19(31,8-26)3-5-26/h11,16,31H,2-8H2,1H3,(H3-,20,21,22,24,27,29,30)/p+1/b23-10-/t11-,16-,19?,26?/m1/s1. The summed E-state index contributed by atoms with van der Waals surface area (Å²) in [5, 5.41) is 26.4. The number of carbonyl (C=O) groups excluding carboxylic acids is 2. The van der Waals surface area contributed by atoms with E-state index in [1.165, 1.54) is 23.8 Å². The average Bonchev–Trinajstić information content (AvgIpc) is 3.47. The number of aromatic nitrogens is 2. The fraction of sp³-hybridized carbons (Fsp3) is 0.579. The van der Waals surface area contributed by atoms with Gasteiger partial charge in [0.15, 0.2) is 5.13 Å². The van der Waals surface area contributed by atoms with Crippen LogP contribution in [0.5, 0.6) is 0 Å². The van der Waals surface area contributed by atoms with E-state index in [0.717, 1.165) is 24.6 Å². The van der Waals surface area contributed by atoms with Gasteiger partial charge in [0.25, 0.3) is 11.8 Å². The van der Waals surface area contributed by atoms with Crippen molar-refractivity contribution in [3.05, 3.63) is 17.1 Å². The van der Waals surface area contributed by atoms with Crippen LogP contribution in [0.3, 0.4) is 0 Å². The van der Waals surface area contributed by atoms with Gasteiger partial charge in [-0.1, -0.05) is 5.16 Å². The molecule has 4 aliphatic rings. The number of piperidine rings is 1. The van der Waals surface area contributed by atoms with Crippen LogP contribution < -0.4 is 11.1 Å². The van der Waals surface area contributed by atoms with Crippen molar-refractivity contribution in [2.75, 3.05) is 44.8 Å². The topological polar surface area (TPSA) is 180 Å². The second-order valence-electron chi connectivity index (χ2n) is 9.03. The average molecular weight is 511 g/mol. The summed E-state index contributed by atoms with van der Waals surface area (Å²) < 4.78 is 4.60. The van der Waals surface area contributed by atoms with Crippen molar-refractivity contribution < 1.29 is 33.9 Å². The van der Waals surface area contributed by atoms with Gasteiger partial charge in [-0.05, 0) is 0 Å². The number of nitrogens with two attached hydrogens (primary N) is 1. The Bertz CT molecular complexity index is 1130. The Labute approximate surface area is 202 Å². The Morgan fingerprint density at radius 3 is 2.71 bits per heavy atom. The van der Waals surface area contributed by atoms with E-state index >= 15 is 0 Å². The zero-order valence-electron chi connectivity index (χ0n) is 18.3. The van der Waals surface area contributed by atoms with Crippen molar-refractivity contribution in [3.8, 4) is 0 Å². The predicted octanol–water partition coefficient (Wildman–Crippen LogP) is -1.44. The number of hydrogen-bond donors (Lipinski definition) is 4. The molecule has 5 N–H and O–H groups in total. The zero-order chi connectivity index (χ0) is 24.3. The zero-order valence-corrected chi connectivity index (χ0v) is 19.9. The minimum absolute atomic E-state index is 0.0196. The van der Waals surface area contributed by atoms with E-state index in [0.29, 0.717) is 41.7 Å². The molecule has 1 aromatic rings. The highest BCUT2D eigenvalue weighted by Crippen LogP contribution is 2.44. The van der Waals surface area contributed by atoms with Crippen LogP contribution in [0.2, 0.25) is 0 Å². The lowest BCUT2D eigenvalue weighted by Crippen LogP contribution is -2.71. The summed E-state index contributed by atoms with van der Waals surface area (Å²) in [7, 11) is 1.26. The molecule has 2 amide bonds. The molecule has 4 aliphatic heterocycles. The number of anilines is 1. The number of nitrogen functional groups attached to an aromatic ring is 1. The van der Waals surface area contributed by atoms with Gasteiger partial charge in [-0.25, -0.2) is 4.79 Å². The number of β-lactam (4-membered cyclic amide) rings is 1. The number of carbonyl (C=O) groups is 3. The molecule has 0 unspecified atom stereocenters. The van der Waals surface area contributed by atoms with Crippen LogP contribution in [0.25, 0.3) is 0 Å². The van der Waals surface area contributed by atoms with Crippen LogP contribution in [-0.4, -0.2) is 109 Å². The first-order chi connectivity index (χ1) is 16.2. The monoisotopic (exact) mass is 510 g/mol. The molecule has 1 aromatic heterocycles. The first-order valence-electron chi connectivity index (χ1n) is 10.6. The lowest BCUT2D eigenvalue weighted by molar-refractivity contribution is -0.904. The van der Waals surface area contributed by atoms with Crippen molar-refractivity contribution in [2.24, 2.45) is 5.16 Å². The number of nitrogens with zero attached hydrogens (tertiary/aromatic N) is 5. The van der Waals surface area contributed by atoms with E-state index in [-0.39, 0.29) is 22.4 Å². The molecule has 0 radical (unpaired) electrons. The van der Waals surface area contributed by atoms with Crippen LogP contribution in [0.15, 0.2) is 16.4 Å². The van der Waals surface area contributed by atoms with Crippen molar-refractivity contribution in [1.29, 1.82) is 0 Å². The maximum atomic E-state index is 13.0. The fourth-order valence-electron chi connectivity index (χ4n) is 5.31. The number of carboxylic acid groups (broad SMARTS) is 1. The van der Waals surface area contributed by atoms with Gasteiger partial charge in [0.05, 0.1) is 13.1 Å². The molecule has 3 fully saturated rings. The number of quaternary nitrogens is 1. The van der Waals surface area contributed by atoms with Crippen molar-refractivity contribution >= 4 is 51.9 Å². The van der Waals surface area contributed by atoms with Crippen LogP contribution >= 0.6 is 23.3 Å². The summed E-state index contributed by atoms with van der Waals surface area (Å²) in [4.78, 5) is 47.9. The quantitative estimate of drug-likeness (QED) is 0.147. The van der Waals surface area contributed by atoms with Crippen molar-refractivity contribution in [2.45, 2.75) is 29.9 Å². The molecular formula is C19H24N7O6S2+. The minimum atomic E-state index is -1.17. The first-order valence-corrected chi connectivity index (χ1v) is 12.5. The molecule has 15 heteroatoms. The highest BCUT2D eigenvalue weighted by molar-refractivity contribution is 8.00. The molecule has 0 spiro atoms. The summed E-state index contributed by atoms with van der Waals surface area (Å²) in [5.41, 5.74) is 5.35. The number of carboxylic acids is 1. The fourth-order valence-corrected chi connectivity index (χ4v) is 7.08. The number of aliphatic carboxylic acids is 1. The molecule has 3 saturated heterocycles. The normalized spacial score (nSPS) is 32.5. The van der Waals surface area contributed by atoms with Gasteiger partial charge in [-0.2, -0.15) is 9.36 Å². The molecule has 2 bridgehead atoms. The molecule has 34 heavy (non-hydrogen) atoms. The third-order valence-electron chi connectivity index (χ3n) is 6.85.